The van der Waals surface area contributed by atoms with Crippen molar-refractivity contribution < 1.29 is 18.7 Å². The molecule has 4 rings (SSSR count). The van der Waals surface area contributed by atoms with Gasteiger partial charge in [0.2, 0.25) is 0 Å². The third kappa shape index (κ3) is 4.43. The zero-order valence-electron chi connectivity index (χ0n) is 17.3. The minimum absolute atomic E-state index is 0.241. The molecule has 0 radical (unpaired) electrons. The van der Waals surface area contributed by atoms with Gasteiger partial charge in [-0.3, -0.25) is 9.59 Å². The predicted molar refractivity (Wildman–Crippen MR) is 121 cm³/mol. The van der Waals surface area contributed by atoms with E-state index in [0.29, 0.717) is 29.1 Å². The first-order chi connectivity index (χ1) is 15.0. The average molecular weight is 414 g/mol. The van der Waals surface area contributed by atoms with Crippen molar-refractivity contribution in [2.75, 3.05) is 17.2 Å². The van der Waals surface area contributed by atoms with Crippen molar-refractivity contribution in [3.8, 4) is 5.75 Å². The number of rotatable bonds is 6. The fourth-order valence-electron chi connectivity index (χ4n) is 3.29. The number of nitrogens with one attached hydrogen (secondary N) is 2. The van der Waals surface area contributed by atoms with E-state index in [0.717, 1.165) is 16.7 Å². The van der Waals surface area contributed by atoms with E-state index >= 15 is 0 Å². The smallest absolute Gasteiger partial charge is 0.291 e. The van der Waals surface area contributed by atoms with Crippen LogP contribution < -0.4 is 15.4 Å². The quantitative estimate of drug-likeness (QED) is 0.428. The molecular weight excluding hydrogens is 392 g/mol. The zero-order chi connectivity index (χ0) is 21.8. The molecular formula is C25H22N2O4. The van der Waals surface area contributed by atoms with Crippen molar-refractivity contribution >= 4 is 34.2 Å². The first-order valence-corrected chi connectivity index (χ1v) is 9.99. The number of anilines is 2. The van der Waals surface area contributed by atoms with Crippen molar-refractivity contribution in [3.63, 3.8) is 0 Å². The van der Waals surface area contributed by atoms with E-state index in [1.807, 2.05) is 38.1 Å². The fourth-order valence-corrected chi connectivity index (χ4v) is 3.29. The van der Waals surface area contributed by atoms with Gasteiger partial charge in [0.05, 0.1) is 6.61 Å². The number of hydrogen-bond donors (Lipinski definition) is 2. The van der Waals surface area contributed by atoms with Crippen molar-refractivity contribution in [2.24, 2.45) is 0 Å². The molecule has 2 N–H and O–H groups in total. The number of furan rings is 1. The summed E-state index contributed by atoms with van der Waals surface area (Å²) < 4.78 is 11.1. The molecule has 0 aliphatic rings. The lowest BCUT2D eigenvalue weighted by molar-refractivity contribution is 0.0996. The van der Waals surface area contributed by atoms with Crippen LogP contribution >= 0.6 is 0 Å². The molecule has 0 fully saturated rings. The maximum Gasteiger partial charge on any atom is 0.291 e. The second-order valence-corrected chi connectivity index (χ2v) is 7.00. The summed E-state index contributed by atoms with van der Waals surface area (Å²) in [7, 11) is 0. The van der Waals surface area contributed by atoms with Crippen LogP contribution in [0.2, 0.25) is 0 Å². The molecule has 0 unspecified atom stereocenters. The molecule has 0 aliphatic heterocycles. The SMILES string of the molecule is CCOc1ccc(NC(=O)c2ccc(NC(=O)c3oc4ccccc4c3C)cc2)cc1. The van der Waals surface area contributed by atoms with Gasteiger partial charge in [-0.25, -0.2) is 0 Å². The lowest BCUT2D eigenvalue weighted by Gasteiger charge is -2.08. The number of para-hydroxylation sites is 1. The van der Waals surface area contributed by atoms with Crippen LogP contribution in [-0.2, 0) is 0 Å². The number of hydrogen-bond acceptors (Lipinski definition) is 4. The van der Waals surface area contributed by atoms with Crippen LogP contribution in [0.5, 0.6) is 5.75 Å². The molecule has 6 nitrogen and oxygen atoms in total. The summed E-state index contributed by atoms with van der Waals surface area (Å²) in [6.45, 7) is 4.36. The highest BCUT2D eigenvalue weighted by Crippen LogP contribution is 2.25. The Morgan fingerprint density at radius 1 is 0.839 bits per heavy atom. The topological polar surface area (TPSA) is 80.6 Å². The first kappa shape index (κ1) is 20.2. The normalized spacial score (nSPS) is 10.6. The maximum absolute atomic E-state index is 12.6. The maximum atomic E-state index is 12.6. The Hall–Kier alpha value is -4.06. The number of fused-ring (bicyclic) bond motifs is 1. The van der Waals surface area contributed by atoms with Crippen molar-refractivity contribution in [3.05, 3.63) is 89.7 Å². The predicted octanol–water partition coefficient (Wildman–Crippen LogP) is 5.64. The van der Waals surface area contributed by atoms with Crippen LogP contribution in [-0.4, -0.2) is 18.4 Å². The summed E-state index contributed by atoms with van der Waals surface area (Å²) in [5.74, 6) is 0.453. The van der Waals surface area contributed by atoms with Gasteiger partial charge in [0, 0.05) is 27.9 Å². The highest BCUT2D eigenvalue weighted by molar-refractivity contribution is 6.07. The van der Waals surface area contributed by atoms with E-state index in [2.05, 4.69) is 10.6 Å². The van der Waals surface area contributed by atoms with Crippen LogP contribution in [0, 0.1) is 6.92 Å². The first-order valence-electron chi connectivity index (χ1n) is 9.99. The number of carbonyl (C=O) groups excluding carboxylic acids is 2. The lowest BCUT2D eigenvalue weighted by Crippen LogP contribution is -2.14. The van der Waals surface area contributed by atoms with Gasteiger partial charge < -0.3 is 19.8 Å². The van der Waals surface area contributed by atoms with E-state index in [-0.39, 0.29) is 17.6 Å². The minimum atomic E-state index is -0.333. The Labute approximate surface area is 179 Å². The third-order valence-corrected chi connectivity index (χ3v) is 4.88. The van der Waals surface area contributed by atoms with Gasteiger partial charge in [0.25, 0.3) is 11.8 Å². The van der Waals surface area contributed by atoms with E-state index in [1.165, 1.54) is 0 Å². The number of amides is 2. The minimum Gasteiger partial charge on any atom is -0.494 e. The van der Waals surface area contributed by atoms with Gasteiger partial charge in [0.1, 0.15) is 11.3 Å². The van der Waals surface area contributed by atoms with E-state index in [1.54, 1.807) is 48.5 Å². The second kappa shape index (κ2) is 8.75. The lowest BCUT2D eigenvalue weighted by atomic mass is 10.1. The summed E-state index contributed by atoms with van der Waals surface area (Å²) in [5, 5.41) is 6.57. The van der Waals surface area contributed by atoms with Crippen LogP contribution in [0.1, 0.15) is 33.4 Å². The van der Waals surface area contributed by atoms with E-state index in [9.17, 15) is 9.59 Å². The highest BCUT2D eigenvalue weighted by atomic mass is 16.5. The molecule has 0 bridgehead atoms. The van der Waals surface area contributed by atoms with Gasteiger partial charge in [-0.1, -0.05) is 18.2 Å². The van der Waals surface area contributed by atoms with Crippen molar-refractivity contribution in [1.82, 2.24) is 0 Å². The molecule has 1 heterocycles. The largest absolute Gasteiger partial charge is 0.494 e. The Balaban J connectivity index is 1.42. The van der Waals surface area contributed by atoms with Crippen molar-refractivity contribution in [1.29, 1.82) is 0 Å². The molecule has 0 atom stereocenters. The van der Waals surface area contributed by atoms with Crippen molar-refractivity contribution in [2.45, 2.75) is 13.8 Å². The standard InChI is InChI=1S/C25H22N2O4/c1-3-30-20-14-12-19(13-15-20)26-24(28)17-8-10-18(11-9-17)27-25(29)23-16(2)21-6-4-5-7-22(21)31-23/h4-15H,3H2,1-2H3,(H,26,28)(H,27,29). The van der Waals surface area contributed by atoms with Gasteiger partial charge in [-0.15, -0.1) is 0 Å². The molecule has 6 heteroatoms. The third-order valence-electron chi connectivity index (χ3n) is 4.88. The fraction of sp³-hybridized carbons (Fsp3) is 0.120. The molecule has 0 saturated heterocycles. The number of benzene rings is 3. The molecule has 2 amide bonds. The molecule has 0 spiro atoms. The molecule has 0 aliphatic carbocycles. The average Bonchev–Trinajstić information content (AvgIpc) is 3.13. The number of ether oxygens (including phenoxy) is 1. The monoisotopic (exact) mass is 414 g/mol. The molecule has 156 valence electrons. The highest BCUT2D eigenvalue weighted by Gasteiger charge is 2.17. The van der Waals surface area contributed by atoms with Gasteiger partial charge >= 0.3 is 0 Å². The van der Waals surface area contributed by atoms with Crippen LogP contribution in [0.15, 0.2) is 77.2 Å². The van der Waals surface area contributed by atoms with Crippen LogP contribution in [0.3, 0.4) is 0 Å². The zero-order valence-corrected chi connectivity index (χ0v) is 17.3. The molecule has 4 aromatic rings. The van der Waals surface area contributed by atoms with E-state index in [4.69, 9.17) is 9.15 Å². The summed E-state index contributed by atoms with van der Waals surface area (Å²) in [6, 6.07) is 21.4. The van der Waals surface area contributed by atoms with Crippen LogP contribution in [0.4, 0.5) is 11.4 Å². The molecule has 0 saturated carbocycles. The van der Waals surface area contributed by atoms with Crippen LogP contribution in [0.25, 0.3) is 11.0 Å². The molecule has 1 aromatic heterocycles. The van der Waals surface area contributed by atoms with Gasteiger partial charge in [0.15, 0.2) is 5.76 Å². The summed E-state index contributed by atoms with van der Waals surface area (Å²) in [6.07, 6.45) is 0. The van der Waals surface area contributed by atoms with Gasteiger partial charge in [-0.05, 0) is 68.4 Å². The summed E-state index contributed by atoms with van der Waals surface area (Å²) >= 11 is 0. The number of aryl methyl sites for hydroxylation is 1. The molecule has 3 aromatic carbocycles. The Morgan fingerprint density at radius 3 is 2.10 bits per heavy atom. The van der Waals surface area contributed by atoms with Gasteiger partial charge in [-0.2, -0.15) is 0 Å². The Morgan fingerprint density at radius 2 is 1.45 bits per heavy atom. The Kier molecular flexibility index (Phi) is 5.71. The Bertz CT molecular complexity index is 1220. The number of carbonyl (C=O) groups is 2. The van der Waals surface area contributed by atoms with E-state index < -0.39 is 0 Å². The second-order valence-electron chi connectivity index (χ2n) is 7.00. The molecule has 31 heavy (non-hydrogen) atoms. The summed E-state index contributed by atoms with van der Waals surface area (Å²) in [4.78, 5) is 25.1. The summed E-state index contributed by atoms with van der Waals surface area (Å²) in [5.41, 5.74) is 3.19.